The van der Waals surface area contributed by atoms with Crippen LogP contribution in [-0.4, -0.2) is 33.0 Å². The largest absolute Gasteiger partial charge is 0.384 e. The molecule has 0 aliphatic carbocycles. The predicted molar refractivity (Wildman–Crippen MR) is 115 cm³/mol. The van der Waals surface area contributed by atoms with Crippen molar-refractivity contribution in [2.24, 2.45) is 0 Å². The second kappa shape index (κ2) is 8.29. The first-order valence-corrected chi connectivity index (χ1v) is 11.7. The lowest BCUT2D eigenvalue weighted by Gasteiger charge is -2.20. The third kappa shape index (κ3) is 4.45. The molecule has 30 heavy (non-hydrogen) atoms. The van der Waals surface area contributed by atoms with Crippen molar-refractivity contribution < 1.29 is 17.2 Å². The summed E-state index contributed by atoms with van der Waals surface area (Å²) in [6.07, 6.45) is -0.358. The number of sulfonamides is 1. The molecule has 158 valence electrons. The van der Waals surface area contributed by atoms with Gasteiger partial charge in [-0.1, -0.05) is 30.3 Å². The van der Waals surface area contributed by atoms with E-state index in [9.17, 15) is 17.2 Å². The monoisotopic (exact) mass is 450 g/mol. The van der Waals surface area contributed by atoms with Gasteiger partial charge in [0.1, 0.15) is 0 Å². The second-order valence-electron chi connectivity index (χ2n) is 6.85. The highest BCUT2D eigenvalue weighted by molar-refractivity contribution is 7.93. The molecule has 10 heteroatoms. The Morgan fingerprint density at radius 2 is 1.87 bits per heavy atom. The average Bonchev–Trinajstić information content (AvgIpc) is 3.18. The quantitative estimate of drug-likeness (QED) is 0.480. The minimum Gasteiger partial charge on any atom is -0.384 e. The number of hydrogen-bond donors (Lipinski definition) is 3. The van der Waals surface area contributed by atoms with E-state index in [4.69, 9.17) is 0 Å². The van der Waals surface area contributed by atoms with Gasteiger partial charge in [0.25, 0.3) is 15.9 Å². The highest BCUT2D eigenvalue weighted by Crippen LogP contribution is 2.39. The van der Waals surface area contributed by atoms with Crippen molar-refractivity contribution in [2.45, 2.75) is 17.2 Å². The summed E-state index contributed by atoms with van der Waals surface area (Å²) >= 11 is 1.05. The number of thiazole rings is 1. The third-order valence-corrected chi connectivity index (χ3v) is 6.94. The van der Waals surface area contributed by atoms with Crippen LogP contribution in [0.15, 0.2) is 58.8 Å². The Labute approximate surface area is 177 Å². The normalized spacial score (nSPS) is 18.3. The van der Waals surface area contributed by atoms with E-state index in [1.54, 1.807) is 35.7 Å². The molecule has 0 amide bonds. The molecule has 3 N–H and O–H groups in total. The lowest BCUT2D eigenvalue weighted by atomic mass is 9.97. The zero-order valence-corrected chi connectivity index (χ0v) is 17.5. The van der Waals surface area contributed by atoms with Gasteiger partial charge in [0.05, 0.1) is 10.6 Å². The Morgan fingerprint density at radius 1 is 1.03 bits per heavy atom. The Bertz CT molecular complexity index is 1150. The molecule has 0 saturated heterocycles. The van der Waals surface area contributed by atoms with Gasteiger partial charge < -0.3 is 10.6 Å². The van der Waals surface area contributed by atoms with Crippen LogP contribution in [0.4, 0.5) is 19.6 Å². The Hall–Kier alpha value is -2.56. The van der Waals surface area contributed by atoms with E-state index in [-0.39, 0.29) is 34.1 Å². The average molecular weight is 451 g/mol. The fourth-order valence-corrected chi connectivity index (χ4v) is 5.23. The molecule has 0 atom stereocenters. The van der Waals surface area contributed by atoms with Gasteiger partial charge in [0, 0.05) is 48.2 Å². The van der Waals surface area contributed by atoms with Crippen LogP contribution in [0.2, 0.25) is 0 Å². The molecule has 0 fully saturated rings. The smallest absolute Gasteiger partial charge is 0.275 e. The molecule has 1 aliphatic heterocycles. The number of fused-ring (bicyclic) bond motifs is 6. The number of aromatic nitrogens is 1. The van der Waals surface area contributed by atoms with Crippen LogP contribution in [0, 0.1) is 0 Å². The van der Waals surface area contributed by atoms with Crippen LogP contribution in [0.25, 0.3) is 11.3 Å². The number of halogens is 2. The Morgan fingerprint density at radius 3 is 2.73 bits per heavy atom. The zero-order valence-electron chi connectivity index (χ0n) is 15.9. The molecule has 3 aromatic rings. The predicted octanol–water partition coefficient (Wildman–Crippen LogP) is 4.11. The Balaban J connectivity index is 1.75. The van der Waals surface area contributed by atoms with Crippen LogP contribution in [0.3, 0.4) is 0 Å². The van der Waals surface area contributed by atoms with Gasteiger partial charge in [-0.05, 0) is 18.2 Å². The molecule has 2 heterocycles. The van der Waals surface area contributed by atoms with Crippen LogP contribution >= 0.6 is 11.3 Å². The maximum absolute atomic E-state index is 14.9. The standard InChI is InChI=1S/C20H20F2N4O2S2/c21-20(22)8-9-23-10-11-24-14-4-3-5-15(12-14)30(27,28)26-19-25-18(13-29-19)16-6-1-2-7-17(16)20/h1-7,12-13,23-24H,8-11H2,(H,25,26). The number of nitrogens with zero attached hydrogens (tertiary/aromatic N) is 1. The van der Waals surface area contributed by atoms with Crippen LogP contribution in [0.1, 0.15) is 12.0 Å². The minimum absolute atomic E-state index is 0.0912. The molecule has 0 unspecified atom stereocenters. The van der Waals surface area contributed by atoms with Gasteiger partial charge >= 0.3 is 0 Å². The summed E-state index contributed by atoms with van der Waals surface area (Å²) in [5.41, 5.74) is 1.10. The fraction of sp³-hybridized carbons (Fsp3) is 0.250. The molecule has 0 radical (unpaired) electrons. The van der Waals surface area contributed by atoms with Crippen molar-refractivity contribution in [1.82, 2.24) is 10.3 Å². The summed E-state index contributed by atoms with van der Waals surface area (Å²) in [6, 6.07) is 12.6. The van der Waals surface area contributed by atoms with E-state index in [2.05, 4.69) is 20.3 Å². The van der Waals surface area contributed by atoms with Crippen molar-refractivity contribution >= 4 is 32.2 Å². The van der Waals surface area contributed by atoms with E-state index < -0.39 is 15.9 Å². The van der Waals surface area contributed by atoms with Gasteiger partial charge in [-0.15, -0.1) is 11.3 Å². The summed E-state index contributed by atoms with van der Waals surface area (Å²) < 4.78 is 57.8. The van der Waals surface area contributed by atoms with Gasteiger partial charge in [0.2, 0.25) is 0 Å². The first-order chi connectivity index (χ1) is 14.4. The van der Waals surface area contributed by atoms with Crippen LogP contribution in [-0.2, 0) is 15.9 Å². The van der Waals surface area contributed by atoms with Gasteiger partial charge in [0.15, 0.2) is 5.13 Å². The maximum Gasteiger partial charge on any atom is 0.275 e. The molecular formula is C20H20F2N4O2S2. The summed E-state index contributed by atoms with van der Waals surface area (Å²) in [5.74, 6) is -3.05. The Kier molecular flexibility index (Phi) is 5.72. The number of rotatable bonds is 0. The molecular weight excluding hydrogens is 430 g/mol. The van der Waals surface area contributed by atoms with E-state index >= 15 is 0 Å². The highest BCUT2D eigenvalue weighted by Gasteiger charge is 2.34. The van der Waals surface area contributed by atoms with Gasteiger partial charge in [-0.3, -0.25) is 4.72 Å². The number of nitrogens with one attached hydrogen (secondary N) is 3. The number of hydrogen-bond acceptors (Lipinski definition) is 6. The van der Waals surface area contributed by atoms with Crippen molar-refractivity contribution in [3.63, 3.8) is 0 Å². The molecule has 0 saturated carbocycles. The molecule has 6 nitrogen and oxygen atoms in total. The molecule has 2 aromatic carbocycles. The first kappa shape index (κ1) is 20.7. The van der Waals surface area contributed by atoms with Crippen molar-refractivity contribution in [2.75, 3.05) is 29.7 Å². The molecule has 0 spiro atoms. The minimum atomic E-state index is -3.87. The topological polar surface area (TPSA) is 83.1 Å². The second-order valence-corrected chi connectivity index (χ2v) is 9.39. The molecule has 1 aliphatic rings. The number of anilines is 2. The fourth-order valence-electron chi connectivity index (χ4n) is 3.22. The third-order valence-electron chi connectivity index (χ3n) is 4.71. The first-order valence-electron chi connectivity index (χ1n) is 9.36. The summed E-state index contributed by atoms with van der Waals surface area (Å²) in [5, 5.41) is 7.80. The van der Waals surface area contributed by atoms with Gasteiger partial charge in [-0.25, -0.2) is 22.2 Å². The lowest BCUT2D eigenvalue weighted by molar-refractivity contribution is -0.0121. The summed E-state index contributed by atoms with van der Waals surface area (Å²) in [6.45, 7) is 1.07. The van der Waals surface area contributed by atoms with Gasteiger partial charge in [-0.2, -0.15) is 0 Å². The summed E-state index contributed by atoms with van der Waals surface area (Å²) in [7, 11) is -3.87. The van der Waals surface area contributed by atoms with Crippen molar-refractivity contribution in [3.05, 3.63) is 59.5 Å². The SMILES string of the molecule is O=S1(=O)Nc2nc(cs2)-c2ccccc2C(F)(F)CCNCCNc2cccc1c2. The van der Waals surface area contributed by atoms with Crippen molar-refractivity contribution in [3.8, 4) is 11.3 Å². The van der Waals surface area contributed by atoms with E-state index in [1.807, 2.05) is 0 Å². The highest BCUT2D eigenvalue weighted by atomic mass is 32.2. The van der Waals surface area contributed by atoms with Crippen LogP contribution < -0.4 is 15.4 Å². The van der Waals surface area contributed by atoms with E-state index in [0.29, 0.717) is 24.5 Å². The maximum atomic E-state index is 14.9. The molecule has 1 aromatic heterocycles. The number of benzene rings is 2. The molecule has 4 bridgehead atoms. The lowest BCUT2D eigenvalue weighted by Crippen LogP contribution is -2.27. The molecule has 4 rings (SSSR count). The van der Waals surface area contributed by atoms with E-state index in [1.165, 1.54) is 18.2 Å². The number of alkyl halides is 2. The van der Waals surface area contributed by atoms with Crippen molar-refractivity contribution in [1.29, 1.82) is 0 Å². The summed E-state index contributed by atoms with van der Waals surface area (Å²) in [4.78, 5) is 4.36. The van der Waals surface area contributed by atoms with E-state index in [0.717, 1.165) is 11.3 Å². The van der Waals surface area contributed by atoms with Crippen LogP contribution in [0.5, 0.6) is 0 Å². The zero-order chi connectivity index (χ0) is 21.2.